The predicted molar refractivity (Wildman–Crippen MR) is 80.8 cm³/mol. The Labute approximate surface area is 120 Å². The van der Waals surface area contributed by atoms with Gasteiger partial charge in [-0.05, 0) is 23.9 Å². The predicted octanol–water partition coefficient (Wildman–Crippen LogP) is 3.57. The molecule has 3 nitrogen and oxygen atoms in total. The monoisotopic (exact) mass is 291 g/mol. The van der Waals surface area contributed by atoms with Crippen LogP contribution in [0.15, 0.2) is 30.5 Å². The SMILES string of the molecule is Cc1c(Cl)cnn1Cc1c(CN)sc2ccccc12. The maximum Gasteiger partial charge on any atom is 0.0815 e. The smallest absolute Gasteiger partial charge is 0.0815 e. The average molecular weight is 292 g/mol. The van der Waals surface area contributed by atoms with Crippen LogP contribution in [-0.2, 0) is 13.1 Å². The topological polar surface area (TPSA) is 43.8 Å². The van der Waals surface area contributed by atoms with Crippen LogP contribution >= 0.6 is 22.9 Å². The van der Waals surface area contributed by atoms with E-state index in [4.69, 9.17) is 17.3 Å². The Balaban J connectivity index is 2.11. The van der Waals surface area contributed by atoms with Gasteiger partial charge in [0.1, 0.15) is 0 Å². The van der Waals surface area contributed by atoms with Gasteiger partial charge >= 0.3 is 0 Å². The lowest BCUT2D eigenvalue weighted by Gasteiger charge is -2.06. The molecule has 2 aromatic heterocycles. The molecule has 0 radical (unpaired) electrons. The summed E-state index contributed by atoms with van der Waals surface area (Å²) in [5.74, 6) is 0. The highest BCUT2D eigenvalue weighted by Crippen LogP contribution is 2.32. The summed E-state index contributed by atoms with van der Waals surface area (Å²) >= 11 is 7.81. The third kappa shape index (κ3) is 2.16. The van der Waals surface area contributed by atoms with Gasteiger partial charge in [-0.1, -0.05) is 29.8 Å². The summed E-state index contributed by atoms with van der Waals surface area (Å²) in [5.41, 5.74) is 8.11. The van der Waals surface area contributed by atoms with Gasteiger partial charge in [0.2, 0.25) is 0 Å². The Morgan fingerprint density at radius 1 is 1.37 bits per heavy atom. The van der Waals surface area contributed by atoms with Crippen molar-refractivity contribution in [1.29, 1.82) is 0 Å². The summed E-state index contributed by atoms with van der Waals surface area (Å²) in [6.45, 7) is 3.25. The van der Waals surface area contributed by atoms with E-state index in [2.05, 4.69) is 29.4 Å². The molecule has 1 aromatic carbocycles. The van der Waals surface area contributed by atoms with Gasteiger partial charge < -0.3 is 5.73 Å². The van der Waals surface area contributed by atoms with Gasteiger partial charge in [0, 0.05) is 16.1 Å². The van der Waals surface area contributed by atoms with Crippen molar-refractivity contribution < 1.29 is 0 Å². The van der Waals surface area contributed by atoms with Gasteiger partial charge in [-0.15, -0.1) is 11.3 Å². The van der Waals surface area contributed by atoms with E-state index in [9.17, 15) is 0 Å². The van der Waals surface area contributed by atoms with Crippen LogP contribution in [0.4, 0.5) is 0 Å². The third-order valence-electron chi connectivity index (χ3n) is 3.32. The number of hydrogen-bond donors (Lipinski definition) is 1. The molecule has 0 aliphatic carbocycles. The molecule has 0 fully saturated rings. The molecular weight excluding hydrogens is 278 g/mol. The minimum absolute atomic E-state index is 0.558. The molecule has 19 heavy (non-hydrogen) atoms. The van der Waals surface area contributed by atoms with Crippen LogP contribution in [0.3, 0.4) is 0 Å². The molecule has 0 saturated carbocycles. The fourth-order valence-corrected chi connectivity index (χ4v) is 3.46. The fourth-order valence-electron chi connectivity index (χ4n) is 2.22. The van der Waals surface area contributed by atoms with Crippen LogP contribution in [0.1, 0.15) is 16.1 Å². The molecule has 2 heterocycles. The normalized spacial score (nSPS) is 11.3. The Bertz CT molecular complexity index is 729. The maximum atomic E-state index is 6.06. The number of benzene rings is 1. The highest BCUT2D eigenvalue weighted by Gasteiger charge is 2.13. The number of rotatable bonds is 3. The van der Waals surface area contributed by atoms with Crippen LogP contribution in [0.25, 0.3) is 10.1 Å². The molecule has 3 rings (SSSR count). The molecule has 0 aliphatic heterocycles. The first-order valence-corrected chi connectivity index (χ1v) is 7.27. The van der Waals surface area contributed by atoms with E-state index in [1.54, 1.807) is 17.5 Å². The summed E-state index contributed by atoms with van der Waals surface area (Å²) in [4.78, 5) is 1.22. The lowest BCUT2D eigenvalue weighted by Crippen LogP contribution is -2.06. The first-order valence-electron chi connectivity index (χ1n) is 6.08. The number of thiophene rings is 1. The van der Waals surface area contributed by atoms with Crippen molar-refractivity contribution >= 4 is 33.0 Å². The van der Waals surface area contributed by atoms with Gasteiger partial charge in [-0.3, -0.25) is 4.68 Å². The molecule has 0 aliphatic rings. The first kappa shape index (κ1) is 12.7. The van der Waals surface area contributed by atoms with E-state index in [0.29, 0.717) is 11.6 Å². The van der Waals surface area contributed by atoms with E-state index >= 15 is 0 Å². The number of halogens is 1. The molecular formula is C14H14ClN3S. The summed E-state index contributed by atoms with van der Waals surface area (Å²) < 4.78 is 3.20. The van der Waals surface area contributed by atoms with Crippen molar-refractivity contribution in [1.82, 2.24) is 9.78 Å². The first-order chi connectivity index (χ1) is 9.20. The number of nitrogens with two attached hydrogens (primary N) is 1. The Hall–Kier alpha value is -1.36. The van der Waals surface area contributed by atoms with Gasteiger partial charge in [0.05, 0.1) is 23.5 Å². The largest absolute Gasteiger partial charge is 0.326 e. The second-order valence-electron chi connectivity index (χ2n) is 4.44. The molecule has 2 N–H and O–H groups in total. The zero-order chi connectivity index (χ0) is 13.4. The summed E-state index contributed by atoms with van der Waals surface area (Å²) in [6.07, 6.45) is 1.69. The van der Waals surface area contributed by atoms with Crippen molar-refractivity contribution in [3.8, 4) is 0 Å². The van der Waals surface area contributed by atoms with E-state index in [-0.39, 0.29) is 0 Å². The minimum Gasteiger partial charge on any atom is -0.326 e. The van der Waals surface area contributed by atoms with Crippen molar-refractivity contribution in [3.63, 3.8) is 0 Å². The van der Waals surface area contributed by atoms with Crippen LogP contribution in [-0.4, -0.2) is 9.78 Å². The minimum atomic E-state index is 0.558. The molecule has 0 amide bonds. The molecule has 5 heteroatoms. The zero-order valence-electron chi connectivity index (χ0n) is 10.6. The number of aromatic nitrogens is 2. The van der Waals surface area contributed by atoms with Crippen LogP contribution in [0.2, 0.25) is 5.02 Å². The Morgan fingerprint density at radius 3 is 2.84 bits per heavy atom. The Morgan fingerprint density at radius 2 is 2.16 bits per heavy atom. The molecule has 0 bridgehead atoms. The van der Waals surface area contributed by atoms with Gasteiger partial charge in [-0.25, -0.2) is 0 Å². The lowest BCUT2D eigenvalue weighted by atomic mass is 10.1. The van der Waals surface area contributed by atoms with Crippen molar-refractivity contribution in [2.45, 2.75) is 20.0 Å². The van der Waals surface area contributed by atoms with E-state index in [0.717, 1.165) is 12.2 Å². The number of fused-ring (bicyclic) bond motifs is 1. The molecule has 0 saturated heterocycles. The molecule has 98 valence electrons. The summed E-state index contributed by atoms with van der Waals surface area (Å²) in [5, 5.41) is 6.29. The van der Waals surface area contributed by atoms with Crippen molar-refractivity contribution in [2.75, 3.05) is 0 Å². The Kier molecular flexibility index (Phi) is 3.31. The van der Waals surface area contributed by atoms with Crippen LogP contribution < -0.4 is 5.73 Å². The van der Waals surface area contributed by atoms with E-state index in [1.165, 1.54) is 20.5 Å². The van der Waals surface area contributed by atoms with Crippen molar-refractivity contribution in [3.05, 3.63) is 51.6 Å². The maximum absolute atomic E-state index is 6.06. The molecule has 0 atom stereocenters. The fraction of sp³-hybridized carbons (Fsp3) is 0.214. The molecule has 0 unspecified atom stereocenters. The number of hydrogen-bond acceptors (Lipinski definition) is 3. The average Bonchev–Trinajstić information content (AvgIpc) is 2.94. The molecule has 0 spiro atoms. The molecule has 3 aromatic rings. The van der Waals surface area contributed by atoms with Crippen molar-refractivity contribution in [2.24, 2.45) is 5.73 Å². The van der Waals surface area contributed by atoms with E-state index < -0.39 is 0 Å². The van der Waals surface area contributed by atoms with Gasteiger partial charge in [0.25, 0.3) is 0 Å². The standard InChI is InChI=1S/C14H14ClN3S/c1-9-12(15)7-17-18(9)8-11-10-4-2-3-5-13(10)19-14(11)6-16/h2-5,7H,6,8,16H2,1H3. The summed E-state index contributed by atoms with van der Waals surface area (Å²) in [7, 11) is 0. The highest BCUT2D eigenvalue weighted by atomic mass is 35.5. The quantitative estimate of drug-likeness (QED) is 0.802. The number of nitrogens with zero attached hydrogens (tertiary/aromatic N) is 2. The lowest BCUT2D eigenvalue weighted by molar-refractivity contribution is 0.665. The van der Waals surface area contributed by atoms with Crippen LogP contribution in [0, 0.1) is 6.92 Å². The van der Waals surface area contributed by atoms with E-state index in [1.807, 2.05) is 11.6 Å². The summed E-state index contributed by atoms with van der Waals surface area (Å²) in [6, 6.07) is 8.38. The third-order valence-corrected chi connectivity index (χ3v) is 4.92. The second-order valence-corrected chi connectivity index (χ2v) is 5.98. The highest BCUT2D eigenvalue weighted by molar-refractivity contribution is 7.19. The van der Waals surface area contributed by atoms with Crippen LogP contribution in [0.5, 0.6) is 0 Å². The van der Waals surface area contributed by atoms with Gasteiger partial charge in [-0.2, -0.15) is 5.10 Å². The van der Waals surface area contributed by atoms with Gasteiger partial charge in [0.15, 0.2) is 0 Å². The second kappa shape index (κ2) is 4.96. The zero-order valence-corrected chi connectivity index (χ0v) is 12.1.